The van der Waals surface area contributed by atoms with E-state index in [2.05, 4.69) is 25.2 Å². The Hall–Kier alpha value is -0.240. The van der Waals surface area contributed by atoms with Crippen molar-refractivity contribution in [3.63, 3.8) is 0 Å². The molecule has 18 heavy (non-hydrogen) atoms. The molecule has 0 amide bonds. The fourth-order valence-electron chi connectivity index (χ4n) is 3.06. The van der Waals surface area contributed by atoms with E-state index in [1.165, 1.54) is 18.4 Å². The lowest BCUT2D eigenvalue weighted by atomic mass is 9.89. The summed E-state index contributed by atoms with van der Waals surface area (Å²) in [5.74, 6) is 1.49. The van der Waals surface area contributed by atoms with E-state index >= 15 is 0 Å². The molecule has 1 aromatic carbocycles. The Bertz CT molecular complexity index is 405. The van der Waals surface area contributed by atoms with Crippen molar-refractivity contribution < 1.29 is 0 Å². The second-order valence-electron chi connectivity index (χ2n) is 5.31. The average Bonchev–Trinajstić information content (AvgIpc) is 2.67. The molecule has 0 bridgehead atoms. The average molecular weight is 286 g/mol. The van der Waals surface area contributed by atoms with E-state index in [4.69, 9.17) is 23.2 Å². The first kappa shape index (κ1) is 14.2. The molecule has 0 spiro atoms. The molecule has 1 aliphatic rings. The molecule has 1 nitrogen and oxygen atoms in total. The van der Waals surface area contributed by atoms with E-state index in [1.807, 2.05) is 12.1 Å². The predicted octanol–water partition coefficient (Wildman–Crippen LogP) is 4.56. The summed E-state index contributed by atoms with van der Waals surface area (Å²) < 4.78 is 0. The smallest absolute Gasteiger partial charge is 0.0595 e. The third-order valence-corrected chi connectivity index (χ3v) is 4.91. The van der Waals surface area contributed by atoms with Crippen molar-refractivity contribution in [3.8, 4) is 0 Å². The molecule has 3 heteroatoms. The van der Waals surface area contributed by atoms with Gasteiger partial charge in [-0.05, 0) is 55.3 Å². The highest BCUT2D eigenvalue weighted by atomic mass is 35.5. The highest BCUT2D eigenvalue weighted by Gasteiger charge is 2.31. The standard InChI is InChI=1S/C15H21Cl2N/c1-3-18-15-7-5-12(10(15)2)8-11-4-6-13(16)14(17)9-11/h4,6,9-10,12,15,18H,3,5,7-8H2,1-2H3. The van der Waals surface area contributed by atoms with Gasteiger partial charge >= 0.3 is 0 Å². The molecule has 1 N–H and O–H groups in total. The van der Waals surface area contributed by atoms with Gasteiger partial charge in [-0.1, -0.05) is 43.1 Å². The molecule has 0 aromatic heterocycles. The highest BCUT2D eigenvalue weighted by Crippen LogP contribution is 2.35. The van der Waals surface area contributed by atoms with Gasteiger partial charge in [0.1, 0.15) is 0 Å². The number of hydrogen-bond donors (Lipinski definition) is 1. The number of rotatable bonds is 4. The van der Waals surface area contributed by atoms with Gasteiger partial charge in [-0.15, -0.1) is 0 Å². The molecule has 2 rings (SSSR count). The Morgan fingerprint density at radius 1 is 1.22 bits per heavy atom. The topological polar surface area (TPSA) is 12.0 Å². The summed E-state index contributed by atoms with van der Waals surface area (Å²) in [6.45, 7) is 5.61. The summed E-state index contributed by atoms with van der Waals surface area (Å²) in [4.78, 5) is 0. The third kappa shape index (κ3) is 3.20. The molecule has 1 fully saturated rings. The SMILES string of the molecule is CCNC1CCC(Cc2ccc(Cl)c(Cl)c2)C1C. The number of benzene rings is 1. The van der Waals surface area contributed by atoms with Crippen molar-refractivity contribution in [3.05, 3.63) is 33.8 Å². The lowest BCUT2D eigenvalue weighted by Crippen LogP contribution is -2.32. The van der Waals surface area contributed by atoms with E-state index in [9.17, 15) is 0 Å². The van der Waals surface area contributed by atoms with Gasteiger partial charge in [0.15, 0.2) is 0 Å². The van der Waals surface area contributed by atoms with Crippen LogP contribution in [0.25, 0.3) is 0 Å². The first-order valence-electron chi connectivity index (χ1n) is 6.79. The molecule has 1 aliphatic carbocycles. The molecule has 1 aromatic rings. The Morgan fingerprint density at radius 3 is 2.67 bits per heavy atom. The minimum atomic E-state index is 0.644. The number of halogens is 2. The van der Waals surface area contributed by atoms with Crippen molar-refractivity contribution in [2.75, 3.05) is 6.54 Å². The van der Waals surface area contributed by atoms with Crippen molar-refractivity contribution in [2.45, 2.75) is 39.2 Å². The molecule has 0 heterocycles. The molecule has 0 radical (unpaired) electrons. The summed E-state index contributed by atoms with van der Waals surface area (Å²) in [6, 6.07) is 6.70. The van der Waals surface area contributed by atoms with Crippen LogP contribution < -0.4 is 5.32 Å². The maximum Gasteiger partial charge on any atom is 0.0595 e. The Kier molecular flexibility index (Phi) is 4.94. The largest absolute Gasteiger partial charge is 0.314 e. The highest BCUT2D eigenvalue weighted by molar-refractivity contribution is 6.42. The van der Waals surface area contributed by atoms with E-state index in [1.54, 1.807) is 0 Å². The molecule has 3 unspecified atom stereocenters. The van der Waals surface area contributed by atoms with Crippen LogP contribution in [0.15, 0.2) is 18.2 Å². The number of hydrogen-bond acceptors (Lipinski definition) is 1. The lowest BCUT2D eigenvalue weighted by molar-refractivity contribution is 0.355. The van der Waals surface area contributed by atoms with Crippen LogP contribution in [0.3, 0.4) is 0 Å². The summed E-state index contributed by atoms with van der Waals surface area (Å²) >= 11 is 12.0. The monoisotopic (exact) mass is 285 g/mol. The second-order valence-corrected chi connectivity index (χ2v) is 6.13. The van der Waals surface area contributed by atoms with E-state index in [0.29, 0.717) is 16.1 Å². The predicted molar refractivity (Wildman–Crippen MR) is 79.5 cm³/mol. The molecule has 0 aliphatic heterocycles. The van der Waals surface area contributed by atoms with Gasteiger partial charge in [-0.2, -0.15) is 0 Å². The first-order valence-corrected chi connectivity index (χ1v) is 7.54. The Labute approximate surface area is 120 Å². The van der Waals surface area contributed by atoms with Gasteiger partial charge in [0.2, 0.25) is 0 Å². The van der Waals surface area contributed by atoms with Crippen LogP contribution in [0.5, 0.6) is 0 Å². The van der Waals surface area contributed by atoms with Crippen LogP contribution >= 0.6 is 23.2 Å². The van der Waals surface area contributed by atoms with E-state index in [0.717, 1.165) is 24.8 Å². The summed E-state index contributed by atoms with van der Waals surface area (Å²) in [5, 5.41) is 4.90. The zero-order valence-electron chi connectivity index (χ0n) is 11.0. The van der Waals surface area contributed by atoms with Crippen LogP contribution in [-0.2, 0) is 6.42 Å². The van der Waals surface area contributed by atoms with Crippen LogP contribution in [-0.4, -0.2) is 12.6 Å². The minimum absolute atomic E-state index is 0.644. The Morgan fingerprint density at radius 2 is 2.00 bits per heavy atom. The van der Waals surface area contributed by atoms with Crippen LogP contribution in [0, 0.1) is 11.8 Å². The van der Waals surface area contributed by atoms with Crippen molar-refractivity contribution in [1.29, 1.82) is 0 Å². The molecule has 100 valence electrons. The zero-order chi connectivity index (χ0) is 13.1. The first-order chi connectivity index (χ1) is 8.61. The van der Waals surface area contributed by atoms with Gasteiger partial charge < -0.3 is 5.32 Å². The van der Waals surface area contributed by atoms with Crippen LogP contribution in [0.1, 0.15) is 32.3 Å². The van der Waals surface area contributed by atoms with Crippen LogP contribution in [0.4, 0.5) is 0 Å². The summed E-state index contributed by atoms with van der Waals surface area (Å²) in [7, 11) is 0. The van der Waals surface area contributed by atoms with Gasteiger partial charge in [-0.25, -0.2) is 0 Å². The normalized spacial score (nSPS) is 27.7. The summed E-state index contributed by atoms with van der Waals surface area (Å²) in [5.41, 5.74) is 1.30. The molecular formula is C15H21Cl2N. The molecule has 3 atom stereocenters. The van der Waals surface area contributed by atoms with Crippen molar-refractivity contribution in [1.82, 2.24) is 5.32 Å². The molecule has 1 saturated carbocycles. The maximum atomic E-state index is 6.07. The second kappa shape index (κ2) is 6.27. The van der Waals surface area contributed by atoms with Crippen molar-refractivity contribution in [2.24, 2.45) is 11.8 Å². The van der Waals surface area contributed by atoms with Crippen LogP contribution in [0.2, 0.25) is 10.0 Å². The van der Waals surface area contributed by atoms with E-state index in [-0.39, 0.29) is 0 Å². The number of nitrogens with one attached hydrogen (secondary N) is 1. The zero-order valence-corrected chi connectivity index (χ0v) is 12.6. The van der Waals surface area contributed by atoms with Gasteiger partial charge in [0, 0.05) is 6.04 Å². The Balaban J connectivity index is 1.99. The summed E-state index contributed by atoms with van der Waals surface area (Å²) in [6.07, 6.45) is 3.71. The lowest BCUT2D eigenvalue weighted by Gasteiger charge is -2.21. The van der Waals surface area contributed by atoms with Gasteiger partial charge in [0.05, 0.1) is 10.0 Å². The fourth-order valence-corrected chi connectivity index (χ4v) is 3.38. The third-order valence-electron chi connectivity index (χ3n) is 4.17. The quantitative estimate of drug-likeness (QED) is 0.855. The minimum Gasteiger partial charge on any atom is -0.314 e. The van der Waals surface area contributed by atoms with Gasteiger partial charge in [-0.3, -0.25) is 0 Å². The molecular weight excluding hydrogens is 265 g/mol. The molecule has 0 saturated heterocycles. The fraction of sp³-hybridized carbons (Fsp3) is 0.600. The van der Waals surface area contributed by atoms with Crippen molar-refractivity contribution >= 4 is 23.2 Å². The van der Waals surface area contributed by atoms with E-state index < -0.39 is 0 Å². The maximum absolute atomic E-state index is 6.07. The van der Waals surface area contributed by atoms with Gasteiger partial charge in [0.25, 0.3) is 0 Å².